The van der Waals surface area contributed by atoms with Crippen molar-refractivity contribution in [2.45, 2.75) is 51.9 Å². The molecule has 0 saturated heterocycles. The number of hydrogen-bond donors (Lipinski definition) is 0. The van der Waals surface area contributed by atoms with Crippen LogP contribution in [0.4, 0.5) is 0 Å². The lowest BCUT2D eigenvalue weighted by atomic mass is 10.1. The van der Waals surface area contributed by atoms with E-state index in [1.807, 2.05) is 12.1 Å². The molecule has 0 unspecified atom stereocenters. The maximum Gasteiger partial charge on any atom is 0.338 e. The third-order valence-electron chi connectivity index (χ3n) is 3.04. The third kappa shape index (κ3) is 7.36. The topological polar surface area (TPSA) is 26.3 Å². The van der Waals surface area contributed by atoms with Gasteiger partial charge in [0, 0.05) is 4.47 Å². The van der Waals surface area contributed by atoms with Gasteiger partial charge in [-0.2, -0.15) is 0 Å². The zero-order valence-corrected chi connectivity index (χ0v) is 13.2. The van der Waals surface area contributed by atoms with E-state index in [0.717, 1.165) is 17.3 Å². The van der Waals surface area contributed by atoms with Gasteiger partial charge >= 0.3 is 5.97 Å². The SMILES string of the molecule is CCCCCCCCCOC(=O)c1cccc(Br)c1. The fraction of sp³-hybridized carbons (Fsp3) is 0.562. The molecule has 0 fully saturated rings. The molecule has 2 nitrogen and oxygen atoms in total. The summed E-state index contributed by atoms with van der Waals surface area (Å²) in [7, 11) is 0. The van der Waals surface area contributed by atoms with Gasteiger partial charge in [-0.1, -0.05) is 67.4 Å². The summed E-state index contributed by atoms with van der Waals surface area (Å²) in [6, 6.07) is 7.30. The van der Waals surface area contributed by atoms with E-state index < -0.39 is 0 Å². The second-order valence-electron chi connectivity index (χ2n) is 4.77. The molecular formula is C16H23BrO2. The number of ether oxygens (including phenoxy) is 1. The van der Waals surface area contributed by atoms with Crippen molar-refractivity contribution in [2.24, 2.45) is 0 Å². The Morgan fingerprint density at radius 1 is 1.11 bits per heavy atom. The molecule has 0 N–H and O–H groups in total. The van der Waals surface area contributed by atoms with E-state index in [2.05, 4.69) is 22.9 Å². The van der Waals surface area contributed by atoms with Gasteiger partial charge in [0.1, 0.15) is 0 Å². The molecule has 0 aliphatic heterocycles. The fourth-order valence-electron chi connectivity index (χ4n) is 1.92. The summed E-state index contributed by atoms with van der Waals surface area (Å²) >= 11 is 3.35. The molecule has 0 aliphatic rings. The number of carbonyl (C=O) groups excluding carboxylic acids is 1. The van der Waals surface area contributed by atoms with Crippen LogP contribution in [0.25, 0.3) is 0 Å². The summed E-state index contributed by atoms with van der Waals surface area (Å²) < 4.78 is 6.15. The number of benzene rings is 1. The van der Waals surface area contributed by atoms with Gasteiger partial charge in [0.25, 0.3) is 0 Å². The maximum atomic E-state index is 11.7. The van der Waals surface area contributed by atoms with Crippen molar-refractivity contribution in [1.29, 1.82) is 0 Å². The first kappa shape index (κ1) is 16.2. The molecule has 1 aromatic rings. The van der Waals surface area contributed by atoms with Crippen molar-refractivity contribution in [3.05, 3.63) is 34.3 Å². The van der Waals surface area contributed by atoms with E-state index in [4.69, 9.17) is 4.74 Å². The highest BCUT2D eigenvalue weighted by Crippen LogP contribution is 2.13. The predicted molar refractivity (Wildman–Crippen MR) is 82.4 cm³/mol. The molecule has 0 radical (unpaired) electrons. The Kier molecular flexibility index (Phi) is 8.55. The first-order valence-electron chi connectivity index (χ1n) is 7.16. The molecular weight excluding hydrogens is 304 g/mol. The van der Waals surface area contributed by atoms with Gasteiger partial charge in [-0.15, -0.1) is 0 Å². The van der Waals surface area contributed by atoms with Gasteiger partial charge in [0.15, 0.2) is 0 Å². The Labute approximate surface area is 124 Å². The van der Waals surface area contributed by atoms with Crippen LogP contribution in [-0.4, -0.2) is 12.6 Å². The Hall–Kier alpha value is -0.830. The Balaban J connectivity index is 2.08. The van der Waals surface area contributed by atoms with E-state index in [-0.39, 0.29) is 5.97 Å². The number of hydrogen-bond acceptors (Lipinski definition) is 2. The lowest BCUT2D eigenvalue weighted by Crippen LogP contribution is -2.06. The van der Waals surface area contributed by atoms with Crippen LogP contribution in [0.5, 0.6) is 0 Å². The van der Waals surface area contributed by atoms with E-state index in [0.29, 0.717) is 12.2 Å². The molecule has 3 heteroatoms. The molecule has 0 heterocycles. The number of carbonyl (C=O) groups is 1. The van der Waals surface area contributed by atoms with Gasteiger partial charge in [0.2, 0.25) is 0 Å². The summed E-state index contributed by atoms with van der Waals surface area (Å²) in [5, 5.41) is 0. The molecule has 1 rings (SSSR count). The van der Waals surface area contributed by atoms with Gasteiger partial charge in [0.05, 0.1) is 12.2 Å². The largest absolute Gasteiger partial charge is 0.462 e. The summed E-state index contributed by atoms with van der Waals surface area (Å²) in [5.74, 6) is -0.229. The van der Waals surface area contributed by atoms with E-state index in [9.17, 15) is 4.79 Å². The average molecular weight is 327 g/mol. The zero-order valence-electron chi connectivity index (χ0n) is 11.7. The van der Waals surface area contributed by atoms with Crippen LogP contribution in [0.15, 0.2) is 28.7 Å². The van der Waals surface area contributed by atoms with Crippen LogP contribution in [0, 0.1) is 0 Å². The van der Waals surface area contributed by atoms with Crippen LogP contribution >= 0.6 is 15.9 Å². The quantitative estimate of drug-likeness (QED) is 0.451. The fourth-order valence-corrected chi connectivity index (χ4v) is 2.32. The van der Waals surface area contributed by atoms with Crippen molar-refractivity contribution in [1.82, 2.24) is 0 Å². The smallest absolute Gasteiger partial charge is 0.338 e. The van der Waals surface area contributed by atoms with Crippen molar-refractivity contribution in [3.8, 4) is 0 Å². The first-order valence-corrected chi connectivity index (χ1v) is 7.96. The summed E-state index contributed by atoms with van der Waals surface area (Å²) in [5.41, 5.74) is 0.609. The van der Waals surface area contributed by atoms with E-state index >= 15 is 0 Å². The van der Waals surface area contributed by atoms with Gasteiger partial charge in [-0.25, -0.2) is 4.79 Å². The molecule has 0 atom stereocenters. The molecule has 0 spiro atoms. The van der Waals surface area contributed by atoms with Crippen LogP contribution < -0.4 is 0 Å². The molecule has 19 heavy (non-hydrogen) atoms. The highest BCUT2D eigenvalue weighted by Gasteiger charge is 2.06. The molecule has 0 amide bonds. The predicted octanol–water partition coefficient (Wildman–Crippen LogP) is 5.36. The number of unbranched alkanes of at least 4 members (excludes halogenated alkanes) is 6. The zero-order chi connectivity index (χ0) is 13.9. The molecule has 0 bridgehead atoms. The molecule has 0 aromatic heterocycles. The Morgan fingerprint density at radius 2 is 1.79 bits per heavy atom. The minimum atomic E-state index is -0.229. The van der Waals surface area contributed by atoms with Crippen LogP contribution in [0.1, 0.15) is 62.2 Å². The average Bonchev–Trinajstić information content (AvgIpc) is 2.41. The minimum absolute atomic E-state index is 0.229. The number of rotatable bonds is 9. The van der Waals surface area contributed by atoms with Gasteiger partial charge in [-0.05, 0) is 24.6 Å². The lowest BCUT2D eigenvalue weighted by molar-refractivity contribution is 0.0497. The Morgan fingerprint density at radius 3 is 2.47 bits per heavy atom. The van der Waals surface area contributed by atoms with Crippen molar-refractivity contribution in [2.75, 3.05) is 6.61 Å². The number of halogens is 1. The van der Waals surface area contributed by atoms with Crippen LogP contribution in [0.2, 0.25) is 0 Å². The van der Waals surface area contributed by atoms with Crippen molar-refractivity contribution < 1.29 is 9.53 Å². The maximum absolute atomic E-state index is 11.7. The van der Waals surface area contributed by atoms with Crippen molar-refractivity contribution >= 4 is 21.9 Å². The molecule has 1 aromatic carbocycles. The third-order valence-corrected chi connectivity index (χ3v) is 3.53. The minimum Gasteiger partial charge on any atom is -0.462 e. The second-order valence-corrected chi connectivity index (χ2v) is 5.68. The normalized spacial score (nSPS) is 10.4. The molecule has 0 aliphatic carbocycles. The van der Waals surface area contributed by atoms with Crippen LogP contribution in [0.3, 0.4) is 0 Å². The monoisotopic (exact) mass is 326 g/mol. The van der Waals surface area contributed by atoms with Gasteiger partial charge in [-0.3, -0.25) is 0 Å². The lowest BCUT2D eigenvalue weighted by Gasteiger charge is -2.05. The highest BCUT2D eigenvalue weighted by atomic mass is 79.9. The van der Waals surface area contributed by atoms with E-state index in [1.54, 1.807) is 12.1 Å². The summed E-state index contributed by atoms with van der Waals surface area (Å²) in [6.45, 7) is 2.75. The molecule has 0 saturated carbocycles. The van der Waals surface area contributed by atoms with Crippen LogP contribution in [-0.2, 0) is 4.74 Å². The standard InChI is InChI=1S/C16H23BrO2/c1-2-3-4-5-6-7-8-12-19-16(18)14-10-9-11-15(17)13-14/h9-11,13H,2-8,12H2,1H3. The Bertz CT molecular complexity index is 377. The second kappa shape index (κ2) is 10.0. The highest BCUT2D eigenvalue weighted by molar-refractivity contribution is 9.10. The van der Waals surface area contributed by atoms with E-state index in [1.165, 1.54) is 32.1 Å². The number of esters is 1. The van der Waals surface area contributed by atoms with Crippen molar-refractivity contribution in [3.63, 3.8) is 0 Å². The molecule has 106 valence electrons. The first-order chi connectivity index (χ1) is 9.24. The summed E-state index contributed by atoms with van der Waals surface area (Å²) in [4.78, 5) is 11.7. The van der Waals surface area contributed by atoms with Gasteiger partial charge < -0.3 is 4.74 Å². The summed E-state index contributed by atoms with van der Waals surface area (Å²) in [6.07, 6.45) is 8.60.